The molecule has 0 radical (unpaired) electrons. The monoisotopic (exact) mass is 316 g/mol. The lowest BCUT2D eigenvalue weighted by molar-refractivity contribution is 0.802. The van der Waals surface area contributed by atoms with Crippen LogP contribution in [0.25, 0.3) is 10.9 Å². The third-order valence-corrected chi connectivity index (χ3v) is 4.82. The number of hydrogen-bond acceptors (Lipinski definition) is 2. The van der Waals surface area contributed by atoms with Crippen LogP contribution in [0.1, 0.15) is 11.1 Å². The second kappa shape index (κ2) is 6.14. The van der Waals surface area contributed by atoms with E-state index in [0.717, 1.165) is 17.1 Å². The zero-order valence-corrected chi connectivity index (χ0v) is 13.6. The van der Waals surface area contributed by atoms with Gasteiger partial charge in [-0.1, -0.05) is 41.1 Å². The first-order chi connectivity index (χ1) is 10.2. The first-order valence-corrected chi connectivity index (χ1v) is 8.05. The highest BCUT2D eigenvalue weighted by atomic mass is 35.5. The molecule has 0 bridgehead atoms. The molecule has 2 N–H and O–H groups in total. The average molecular weight is 317 g/mol. The van der Waals surface area contributed by atoms with Crippen LogP contribution >= 0.6 is 23.4 Å². The van der Waals surface area contributed by atoms with Crippen molar-refractivity contribution in [3.05, 3.63) is 58.7 Å². The van der Waals surface area contributed by atoms with Crippen LogP contribution in [0.15, 0.2) is 52.4 Å². The molecule has 0 saturated heterocycles. The standard InChI is InChI=1S/C17H17ClN2S/c1-11-3-6-16(12(7-11)9-19-2)21-17-10-20-15-5-4-13(18)8-14(15)17/h3-8,10,19-20H,9H2,1-2H3. The molecule has 0 fully saturated rings. The lowest BCUT2D eigenvalue weighted by Gasteiger charge is -2.09. The molecule has 0 unspecified atom stereocenters. The molecule has 1 heterocycles. The summed E-state index contributed by atoms with van der Waals surface area (Å²) in [4.78, 5) is 5.78. The Morgan fingerprint density at radius 2 is 2.00 bits per heavy atom. The first kappa shape index (κ1) is 14.5. The number of aryl methyl sites for hydroxylation is 1. The Kier molecular flexibility index (Phi) is 4.24. The van der Waals surface area contributed by atoms with Crippen molar-refractivity contribution in [2.45, 2.75) is 23.3 Å². The molecule has 0 spiro atoms. The number of rotatable bonds is 4. The van der Waals surface area contributed by atoms with Gasteiger partial charge in [0, 0.05) is 38.5 Å². The molecule has 108 valence electrons. The van der Waals surface area contributed by atoms with E-state index in [-0.39, 0.29) is 0 Å². The predicted octanol–water partition coefficient (Wildman–Crippen LogP) is 5.00. The fourth-order valence-corrected chi connectivity index (χ4v) is 3.61. The van der Waals surface area contributed by atoms with Gasteiger partial charge in [-0.15, -0.1) is 0 Å². The van der Waals surface area contributed by atoms with Crippen molar-refractivity contribution in [3.63, 3.8) is 0 Å². The highest BCUT2D eigenvalue weighted by molar-refractivity contribution is 7.99. The maximum Gasteiger partial charge on any atom is 0.0466 e. The largest absolute Gasteiger partial charge is 0.360 e. The Morgan fingerprint density at radius 1 is 1.14 bits per heavy atom. The van der Waals surface area contributed by atoms with Gasteiger partial charge < -0.3 is 10.3 Å². The van der Waals surface area contributed by atoms with Crippen LogP contribution in [-0.4, -0.2) is 12.0 Å². The molecule has 0 atom stereocenters. The van der Waals surface area contributed by atoms with Crippen molar-refractivity contribution >= 4 is 34.3 Å². The number of hydrogen-bond donors (Lipinski definition) is 2. The molecule has 0 aliphatic carbocycles. The van der Waals surface area contributed by atoms with Crippen molar-refractivity contribution in [2.75, 3.05) is 7.05 Å². The minimum Gasteiger partial charge on any atom is -0.360 e. The number of benzene rings is 2. The van der Waals surface area contributed by atoms with Gasteiger partial charge >= 0.3 is 0 Å². The van der Waals surface area contributed by atoms with Crippen molar-refractivity contribution in [2.24, 2.45) is 0 Å². The minimum absolute atomic E-state index is 0.767. The van der Waals surface area contributed by atoms with Crippen LogP contribution in [-0.2, 0) is 6.54 Å². The number of aromatic amines is 1. The highest BCUT2D eigenvalue weighted by Gasteiger charge is 2.09. The first-order valence-electron chi connectivity index (χ1n) is 6.86. The van der Waals surface area contributed by atoms with Gasteiger partial charge in [0.2, 0.25) is 0 Å². The molecule has 0 amide bonds. The summed E-state index contributed by atoms with van der Waals surface area (Å²) in [5.74, 6) is 0. The van der Waals surface area contributed by atoms with Gasteiger partial charge in [0.1, 0.15) is 0 Å². The van der Waals surface area contributed by atoms with Crippen LogP contribution in [0.2, 0.25) is 5.02 Å². The fraction of sp³-hybridized carbons (Fsp3) is 0.176. The number of aromatic nitrogens is 1. The van der Waals surface area contributed by atoms with E-state index in [1.807, 2.05) is 25.2 Å². The second-order valence-corrected chi connectivity index (χ2v) is 6.61. The number of halogens is 1. The SMILES string of the molecule is CNCc1cc(C)ccc1Sc1c[nH]c2ccc(Cl)cc12. The third kappa shape index (κ3) is 3.10. The molecule has 3 aromatic rings. The fourth-order valence-electron chi connectivity index (χ4n) is 2.41. The highest BCUT2D eigenvalue weighted by Crippen LogP contribution is 2.36. The van der Waals surface area contributed by atoms with E-state index in [9.17, 15) is 0 Å². The Bertz CT molecular complexity index is 780. The van der Waals surface area contributed by atoms with E-state index in [1.165, 1.54) is 26.3 Å². The van der Waals surface area contributed by atoms with Crippen molar-refractivity contribution in [3.8, 4) is 0 Å². The molecule has 2 aromatic carbocycles. The van der Waals surface area contributed by atoms with Gasteiger partial charge in [-0.25, -0.2) is 0 Å². The second-order valence-electron chi connectivity index (χ2n) is 5.09. The zero-order valence-electron chi connectivity index (χ0n) is 12.0. The Balaban J connectivity index is 2.00. The Morgan fingerprint density at radius 3 is 2.81 bits per heavy atom. The lowest BCUT2D eigenvalue weighted by Crippen LogP contribution is -2.06. The average Bonchev–Trinajstić information content (AvgIpc) is 2.84. The number of nitrogens with one attached hydrogen (secondary N) is 2. The summed E-state index contributed by atoms with van der Waals surface area (Å²) in [5.41, 5.74) is 3.72. The summed E-state index contributed by atoms with van der Waals surface area (Å²) in [6.07, 6.45) is 2.05. The third-order valence-electron chi connectivity index (χ3n) is 3.41. The molecule has 3 rings (SSSR count). The molecular weight excluding hydrogens is 300 g/mol. The van der Waals surface area contributed by atoms with Crippen molar-refractivity contribution < 1.29 is 0 Å². The summed E-state index contributed by atoms with van der Waals surface area (Å²) in [5, 5.41) is 5.17. The van der Waals surface area contributed by atoms with Crippen LogP contribution < -0.4 is 5.32 Å². The van der Waals surface area contributed by atoms with Gasteiger partial charge in [-0.3, -0.25) is 0 Å². The molecule has 2 nitrogen and oxygen atoms in total. The van der Waals surface area contributed by atoms with Gasteiger partial charge in [0.25, 0.3) is 0 Å². The van der Waals surface area contributed by atoms with E-state index >= 15 is 0 Å². The van der Waals surface area contributed by atoms with Crippen LogP contribution in [0, 0.1) is 6.92 Å². The predicted molar refractivity (Wildman–Crippen MR) is 91.4 cm³/mol. The van der Waals surface area contributed by atoms with Crippen LogP contribution in [0.4, 0.5) is 0 Å². The zero-order chi connectivity index (χ0) is 14.8. The van der Waals surface area contributed by atoms with Crippen LogP contribution in [0.5, 0.6) is 0 Å². The van der Waals surface area contributed by atoms with E-state index in [4.69, 9.17) is 11.6 Å². The topological polar surface area (TPSA) is 27.8 Å². The number of fused-ring (bicyclic) bond motifs is 1. The van der Waals surface area contributed by atoms with Crippen molar-refractivity contribution in [1.29, 1.82) is 0 Å². The summed E-state index contributed by atoms with van der Waals surface area (Å²) < 4.78 is 0. The number of H-pyrrole nitrogens is 1. The van der Waals surface area contributed by atoms with Gasteiger partial charge in [-0.2, -0.15) is 0 Å². The molecule has 4 heteroatoms. The summed E-state index contributed by atoms with van der Waals surface area (Å²) in [6, 6.07) is 12.5. The van der Waals surface area contributed by atoms with E-state index in [2.05, 4.69) is 41.6 Å². The normalized spacial score (nSPS) is 11.2. The smallest absolute Gasteiger partial charge is 0.0466 e. The Hall–Kier alpha value is -1.42. The molecule has 0 aliphatic rings. The van der Waals surface area contributed by atoms with E-state index in [0.29, 0.717) is 0 Å². The van der Waals surface area contributed by atoms with Gasteiger partial charge in [-0.05, 0) is 43.8 Å². The van der Waals surface area contributed by atoms with E-state index in [1.54, 1.807) is 11.8 Å². The molecule has 0 saturated carbocycles. The maximum atomic E-state index is 6.12. The van der Waals surface area contributed by atoms with E-state index < -0.39 is 0 Å². The van der Waals surface area contributed by atoms with Crippen LogP contribution in [0.3, 0.4) is 0 Å². The maximum absolute atomic E-state index is 6.12. The minimum atomic E-state index is 0.767. The quantitative estimate of drug-likeness (QED) is 0.709. The molecule has 1 aromatic heterocycles. The lowest BCUT2D eigenvalue weighted by atomic mass is 10.1. The molecule has 21 heavy (non-hydrogen) atoms. The summed E-state index contributed by atoms with van der Waals surface area (Å²) >= 11 is 7.90. The molecular formula is C17H17ClN2S. The van der Waals surface area contributed by atoms with Crippen molar-refractivity contribution in [1.82, 2.24) is 10.3 Å². The van der Waals surface area contributed by atoms with Gasteiger partial charge in [0.15, 0.2) is 0 Å². The Labute approximate surface area is 133 Å². The summed E-state index contributed by atoms with van der Waals surface area (Å²) in [6.45, 7) is 2.99. The molecule has 0 aliphatic heterocycles. The summed E-state index contributed by atoms with van der Waals surface area (Å²) in [7, 11) is 1.97. The van der Waals surface area contributed by atoms with Gasteiger partial charge in [0.05, 0.1) is 0 Å².